The van der Waals surface area contributed by atoms with Crippen LogP contribution in [-0.4, -0.2) is 17.9 Å². The van der Waals surface area contributed by atoms with E-state index in [9.17, 15) is 4.79 Å². The summed E-state index contributed by atoms with van der Waals surface area (Å²) in [5, 5.41) is 4.06. The quantitative estimate of drug-likeness (QED) is 0.676. The van der Waals surface area contributed by atoms with E-state index in [0.717, 1.165) is 18.1 Å². The van der Waals surface area contributed by atoms with Crippen LogP contribution < -0.4 is 10.2 Å². The van der Waals surface area contributed by atoms with E-state index < -0.39 is 0 Å². The van der Waals surface area contributed by atoms with Crippen molar-refractivity contribution < 1.29 is 4.79 Å². The molecule has 0 amide bonds. The number of halogens is 1. The van der Waals surface area contributed by atoms with Crippen LogP contribution >= 0.6 is 11.6 Å². The Labute approximate surface area is 141 Å². The number of benzene rings is 2. The van der Waals surface area contributed by atoms with Crippen molar-refractivity contribution in [3.05, 3.63) is 77.1 Å². The van der Waals surface area contributed by atoms with Crippen LogP contribution in [-0.2, 0) is 0 Å². The first-order chi connectivity index (χ1) is 10.9. The largest absolute Gasteiger partial charge is 0.365 e. The van der Waals surface area contributed by atoms with Gasteiger partial charge in [-0.3, -0.25) is 4.79 Å². The van der Waals surface area contributed by atoms with Crippen LogP contribution in [0.2, 0.25) is 5.02 Å². The first-order valence-electron chi connectivity index (χ1n) is 7.57. The van der Waals surface area contributed by atoms with Crippen LogP contribution in [0.5, 0.6) is 0 Å². The fraction of sp³-hybridized carbons (Fsp3) is 0.211. The van der Waals surface area contributed by atoms with Gasteiger partial charge in [0.15, 0.2) is 5.78 Å². The van der Waals surface area contributed by atoms with Crippen molar-refractivity contribution in [1.82, 2.24) is 5.32 Å². The third kappa shape index (κ3) is 3.57. The minimum absolute atomic E-state index is 0.0391. The van der Waals surface area contributed by atoms with Crippen LogP contribution in [0.1, 0.15) is 24.2 Å². The molecule has 1 aliphatic heterocycles. The third-order valence-electron chi connectivity index (χ3n) is 3.78. The molecule has 0 aromatic heterocycles. The van der Waals surface area contributed by atoms with Gasteiger partial charge in [-0.2, -0.15) is 0 Å². The van der Waals surface area contributed by atoms with Gasteiger partial charge in [0.25, 0.3) is 0 Å². The third-order valence-corrected chi connectivity index (χ3v) is 4.03. The molecule has 0 unspecified atom stereocenters. The van der Waals surface area contributed by atoms with Crippen LogP contribution in [0.15, 0.2) is 66.5 Å². The molecule has 2 aromatic rings. The summed E-state index contributed by atoms with van der Waals surface area (Å²) in [5.74, 6) is 0.781. The Morgan fingerprint density at radius 3 is 2.43 bits per heavy atom. The number of allylic oxidation sites excluding steroid dienone is 1. The van der Waals surface area contributed by atoms with Crippen LogP contribution in [0.25, 0.3) is 0 Å². The fourth-order valence-electron chi connectivity index (χ4n) is 2.71. The van der Waals surface area contributed by atoms with Gasteiger partial charge in [0, 0.05) is 28.9 Å². The van der Waals surface area contributed by atoms with E-state index in [-0.39, 0.29) is 11.3 Å². The number of carbonyl (C=O) groups is 1. The van der Waals surface area contributed by atoms with Gasteiger partial charge in [0.2, 0.25) is 0 Å². The van der Waals surface area contributed by atoms with Gasteiger partial charge in [-0.1, -0.05) is 29.8 Å². The van der Waals surface area contributed by atoms with Gasteiger partial charge in [0.1, 0.15) is 5.82 Å². The topological polar surface area (TPSA) is 32.3 Å². The lowest BCUT2D eigenvalue weighted by molar-refractivity contribution is 0.104. The monoisotopic (exact) mass is 326 g/mol. The maximum absolute atomic E-state index is 12.5. The Hall–Kier alpha value is -2.26. The molecule has 1 saturated heterocycles. The lowest BCUT2D eigenvalue weighted by Crippen LogP contribution is -2.34. The number of hydrogen-bond acceptors (Lipinski definition) is 3. The zero-order chi connectivity index (χ0) is 16.4. The SMILES string of the molecule is CC1(C)CN(c2ccccc2)/C(=C/C(=O)c2ccc(Cl)cc2)N1. The number of rotatable bonds is 3. The van der Waals surface area contributed by atoms with E-state index in [2.05, 4.69) is 24.1 Å². The summed E-state index contributed by atoms with van der Waals surface area (Å²) in [6, 6.07) is 17.0. The van der Waals surface area contributed by atoms with Gasteiger partial charge < -0.3 is 10.2 Å². The first kappa shape index (κ1) is 15.6. The second-order valence-electron chi connectivity index (χ2n) is 6.33. The minimum Gasteiger partial charge on any atom is -0.365 e. The van der Waals surface area contributed by atoms with E-state index >= 15 is 0 Å². The Morgan fingerprint density at radius 1 is 1.13 bits per heavy atom. The predicted molar refractivity (Wildman–Crippen MR) is 94.9 cm³/mol. The lowest BCUT2D eigenvalue weighted by atomic mass is 10.1. The number of para-hydroxylation sites is 1. The predicted octanol–water partition coefficient (Wildman–Crippen LogP) is 4.25. The number of carbonyl (C=O) groups excluding carboxylic acids is 1. The average molecular weight is 327 g/mol. The number of ketones is 1. The molecule has 1 fully saturated rings. The van der Waals surface area contributed by atoms with Crippen molar-refractivity contribution >= 4 is 23.1 Å². The van der Waals surface area contributed by atoms with Gasteiger partial charge in [0.05, 0.1) is 5.54 Å². The van der Waals surface area contributed by atoms with E-state index in [1.165, 1.54) is 0 Å². The van der Waals surface area contributed by atoms with Crippen LogP contribution in [0.4, 0.5) is 5.69 Å². The van der Waals surface area contributed by atoms with Crippen LogP contribution in [0, 0.1) is 0 Å². The summed E-state index contributed by atoms with van der Waals surface area (Å²) >= 11 is 5.88. The summed E-state index contributed by atoms with van der Waals surface area (Å²) in [4.78, 5) is 14.6. The van der Waals surface area contributed by atoms with Crippen molar-refractivity contribution in [2.24, 2.45) is 0 Å². The molecule has 1 N–H and O–H groups in total. The van der Waals surface area contributed by atoms with Crippen molar-refractivity contribution in [2.75, 3.05) is 11.4 Å². The molecule has 3 nitrogen and oxygen atoms in total. The molecular formula is C19H19ClN2O. The summed E-state index contributed by atoms with van der Waals surface area (Å²) in [6.07, 6.45) is 1.66. The smallest absolute Gasteiger partial charge is 0.189 e. The fourth-order valence-corrected chi connectivity index (χ4v) is 2.83. The van der Waals surface area contributed by atoms with Gasteiger partial charge in [-0.05, 0) is 50.2 Å². The average Bonchev–Trinajstić information content (AvgIpc) is 2.83. The number of hydrogen-bond donors (Lipinski definition) is 1. The van der Waals surface area contributed by atoms with Crippen molar-refractivity contribution in [2.45, 2.75) is 19.4 Å². The summed E-state index contributed by atoms with van der Waals surface area (Å²) in [5.41, 5.74) is 1.60. The maximum atomic E-state index is 12.5. The van der Waals surface area contributed by atoms with Crippen molar-refractivity contribution in [3.8, 4) is 0 Å². The molecule has 0 radical (unpaired) electrons. The Morgan fingerprint density at radius 2 is 1.78 bits per heavy atom. The van der Waals surface area contributed by atoms with Gasteiger partial charge in [-0.15, -0.1) is 0 Å². The Bertz CT molecular complexity index is 736. The second-order valence-corrected chi connectivity index (χ2v) is 6.77. The van der Waals surface area contributed by atoms with Crippen LogP contribution in [0.3, 0.4) is 0 Å². The number of nitrogens with zero attached hydrogens (tertiary/aromatic N) is 1. The molecule has 3 rings (SSSR count). The maximum Gasteiger partial charge on any atom is 0.189 e. The van der Waals surface area contributed by atoms with Crippen molar-refractivity contribution in [1.29, 1.82) is 0 Å². The minimum atomic E-state index is -0.0953. The summed E-state index contributed by atoms with van der Waals surface area (Å²) in [6.45, 7) is 5.05. The standard InChI is InChI=1S/C19H19ClN2O/c1-19(2)13-22(16-6-4-3-5-7-16)18(21-19)12-17(23)14-8-10-15(20)11-9-14/h3-12,21H,13H2,1-2H3/b18-12+. The highest BCUT2D eigenvalue weighted by atomic mass is 35.5. The molecule has 1 aliphatic rings. The number of nitrogens with one attached hydrogen (secondary N) is 1. The van der Waals surface area contributed by atoms with Crippen molar-refractivity contribution in [3.63, 3.8) is 0 Å². The molecule has 0 spiro atoms. The molecule has 23 heavy (non-hydrogen) atoms. The molecule has 1 heterocycles. The molecule has 0 atom stereocenters. The normalized spacial score (nSPS) is 18.0. The zero-order valence-corrected chi connectivity index (χ0v) is 14.0. The summed E-state index contributed by atoms with van der Waals surface area (Å²) < 4.78 is 0. The molecule has 2 aromatic carbocycles. The molecule has 0 bridgehead atoms. The molecule has 118 valence electrons. The van der Waals surface area contributed by atoms with E-state index in [1.54, 1.807) is 30.3 Å². The second kappa shape index (κ2) is 6.09. The highest BCUT2D eigenvalue weighted by Crippen LogP contribution is 2.27. The van der Waals surface area contributed by atoms with E-state index in [0.29, 0.717) is 10.6 Å². The molecule has 0 aliphatic carbocycles. The lowest BCUT2D eigenvalue weighted by Gasteiger charge is -2.19. The Balaban J connectivity index is 1.92. The van der Waals surface area contributed by atoms with E-state index in [4.69, 9.17) is 11.6 Å². The molecule has 0 saturated carbocycles. The summed E-state index contributed by atoms with van der Waals surface area (Å²) in [7, 11) is 0. The van der Waals surface area contributed by atoms with Gasteiger partial charge in [-0.25, -0.2) is 0 Å². The molecule has 4 heteroatoms. The highest BCUT2D eigenvalue weighted by Gasteiger charge is 2.33. The first-order valence-corrected chi connectivity index (χ1v) is 7.95. The number of anilines is 1. The Kier molecular flexibility index (Phi) is 4.14. The molecular weight excluding hydrogens is 308 g/mol. The van der Waals surface area contributed by atoms with E-state index in [1.807, 2.05) is 30.3 Å². The van der Waals surface area contributed by atoms with Gasteiger partial charge >= 0.3 is 0 Å². The highest BCUT2D eigenvalue weighted by molar-refractivity contribution is 6.30. The zero-order valence-electron chi connectivity index (χ0n) is 13.2.